The molecule has 0 unspecified atom stereocenters. The van der Waals surface area contributed by atoms with Crippen molar-refractivity contribution in [2.75, 3.05) is 0 Å². The summed E-state index contributed by atoms with van der Waals surface area (Å²) in [6.07, 6.45) is 13.6. The topological polar surface area (TPSA) is 74.9 Å². The van der Waals surface area contributed by atoms with Gasteiger partial charge in [0, 0.05) is 23.1 Å². The number of thioether (sulfide) groups is 1. The minimum atomic E-state index is -1.06. The second-order valence-electron chi connectivity index (χ2n) is 10.4. The Kier molecular flexibility index (Phi) is 7.82. The summed E-state index contributed by atoms with van der Waals surface area (Å²) in [7, 11) is 0. The van der Waals surface area contributed by atoms with Gasteiger partial charge in [0.15, 0.2) is 5.17 Å². The maximum absolute atomic E-state index is 13.8. The van der Waals surface area contributed by atoms with Gasteiger partial charge in [-0.1, -0.05) is 50.1 Å². The third-order valence-electron chi connectivity index (χ3n) is 7.84. The van der Waals surface area contributed by atoms with Crippen molar-refractivity contribution in [1.29, 1.82) is 0 Å². The lowest BCUT2D eigenvalue weighted by molar-refractivity contribution is -0.124. The first kappa shape index (κ1) is 26.1. The lowest BCUT2D eigenvalue weighted by Crippen LogP contribution is -2.41. The first-order valence-electron chi connectivity index (χ1n) is 13.4. The molecular weight excluding hydrogens is 506 g/mol. The number of nitrogens with zero attached hydrogens (tertiary/aromatic N) is 3. The Bertz CT molecular complexity index is 1270. The Morgan fingerprint density at radius 3 is 2.41 bits per heavy atom. The lowest BCUT2D eigenvalue weighted by atomic mass is 9.94. The molecule has 2 aromatic rings. The third-order valence-corrected chi connectivity index (χ3v) is 9.17. The van der Waals surface area contributed by atoms with Crippen molar-refractivity contribution in [1.82, 2.24) is 9.47 Å². The first-order chi connectivity index (χ1) is 17.8. The summed E-state index contributed by atoms with van der Waals surface area (Å²) in [5.74, 6) is -0.992. The molecule has 1 aromatic carbocycles. The number of halogens is 1. The number of aryl methyl sites for hydroxylation is 1. The molecule has 0 radical (unpaired) electrons. The number of carboxylic acid groups (broad SMARTS) is 1. The van der Waals surface area contributed by atoms with Crippen molar-refractivity contribution < 1.29 is 14.7 Å². The molecule has 1 aromatic heterocycles. The van der Waals surface area contributed by atoms with Gasteiger partial charge in [0.1, 0.15) is 0 Å². The van der Waals surface area contributed by atoms with E-state index in [1.54, 1.807) is 12.1 Å². The second kappa shape index (κ2) is 11.1. The van der Waals surface area contributed by atoms with Crippen LogP contribution in [0.4, 0.5) is 0 Å². The number of carbonyl (C=O) groups is 2. The molecule has 2 aliphatic carbocycles. The molecule has 0 bridgehead atoms. The molecule has 0 spiro atoms. The zero-order chi connectivity index (χ0) is 26.1. The van der Waals surface area contributed by atoms with Gasteiger partial charge >= 0.3 is 5.97 Å². The molecule has 3 aliphatic rings. The van der Waals surface area contributed by atoms with E-state index in [2.05, 4.69) is 0 Å². The van der Waals surface area contributed by atoms with Crippen molar-refractivity contribution in [3.8, 4) is 5.69 Å². The zero-order valence-corrected chi connectivity index (χ0v) is 23.1. The SMILES string of the molecule is Cc1cc(/C=C2\SC(=NC3CCCCC3)N(C3CCCCC3)C2=O)c(C)n1-c1ccc(Cl)c(C(=O)O)c1. The standard InChI is InChI=1S/C29H34ClN3O3S/c1-18-15-20(19(2)32(18)23-13-14-25(30)24(17-23)28(35)36)16-26-27(34)33(22-11-7-4-8-12-22)29(37-26)31-21-9-5-3-6-10-21/h13-17,21-22H,3-12H2,1-2H3,(H,35,36)/b26-16-,31-29?. The maximum atomic E-state index is 13.8. The number of aliphatic imine (C=N–C) groups is 1. The molecular formula is C29H34ClN3O3S. The predicted octanol–water partition coefficient (Wildman–Crippen LogP) is 7.38. The Morgan fingerprint density at radius 2 is 1.73 bits per heavy atom. The number of carbonyl (C=O) groups excluding carboxylic acids is 1. The van der Waals surface area contributed by atoms with E-state index >= 15 is 0 Å². The van der Waals surface area contributed by atoms with E-state index in [4.69, 9.17) is 16.6 Å². The number of rotatable bonds is 5. The van der Waals surface area contributed by atoms with Crippen LogP contribution in [0.5, 0.6) is 0 Å². The Morgan fingerprint density at radius 1 is 1.05 bits per heavy atom. The number of carboxylic acids is 1. The van der Waals surface area contributed by atoms with Gasteiger partial charge in [-0.25, -0.2) is 4.79 Å². The van der Waals surface area contributed by atoms with Gasteiger partial charge in [-0.2, -0.15) is 0 Å². The van der Waals surface area contributed by atoms with Crippen LogP contribution in [0, 0.1) is 13.8 Å². The van der Waals surface area contributed by atoms with Crippen molar-refractivity contribution in [3.05, 3.63) is 56.7 Å². The molecule has 0 atom stereocenters. The van der Waals surface area contributed by atoms with E-state index in [0.29, 0.717) is 10.9 Å². The fourth-order valence-electron chi connectivity index (χ4n) is 5.89. The molecule has 2 saturated carbocycles. The molecule has 3 fully saturated rings. The van der Waals surface area contributed by atoms with Gasteiger partial charge in [0.05, 0.1) is 21.5 Å². The average molecular weight is 540 g/mol. The largest absolute Gasteiger partial charge is 0.478 e. The van der Waals surface area contributed by atoms with E-state index < -0.39 is 5.97 Å². The van der Waals surface area contributed by atoms with Crippen molar-refractivity contribution in [2.24, 2.45) is 4.99 Å². The van der Waals surface area contributed by atoms with Crippen LogP contribution in [0.2, 0.25) is 5.02 Å². The summed E-state index contributed by atoms with van der Waals surface area (Å²) in [6, 6.07) is 7.62. The molecule has 1 saturated heterocycles. The van der Waals surface area contributed by atoms with E-state index in [9.17, 15) is 14.7 Å². The third kappa shape index (κ3) is 5.39. The highest BCUT2D eigenvalue weighted by Gasteiger charge is 2.39. The minimum Gasteiger partial charge on any atom is -0.478 e. The van der Waals surface area contributed by atoms with Crippen LogP contribution in [0.1, 0.15) is 91.5 Å². The number of aromatic nitrogens is 1. The molecule has 37 heavy (non-hydrogen) atoms. The zero-order valence-electron chi connectivity index (χ0n) is 21.5. The maximum Gasteiger partial charge on any atom is 0.337 e. The highest BCUT2D eigenvalue weighted by atomic mass is 35.5. The van der Waals surface area contributed by atoms with E-state index in [-0.39, 0.29) is 22.5 Å². The average Bonchev–Trinajstić information content (AvgIpc) is 3.34. The fourth-order valence-corrected chi connectivity index (χ4v) is 7.19. The number of amidine groups is 1. The second-order valence-corrected chi connectivity index (χ2v) is 11.8. The molecule has 196 valence electrons. The molecule has 1 N–H and O–H groups in total. The van der Waals surface area contributed by atoms with Gasteiger partial charge in [-0.15, -0.1) is 0 Å². The molecule has 2 heterocycles. The van der Waals surface area contributed by atoms with Crippen LogP contribution in [0.3, 0.4) is 0 Å². The summed E-state index contributed by atoms with van der Waals surface area (Å²) in [5.41, 5.74) is 3.65. The van der Waals surface area contributed by atoms with Crippen LogP contribution >= 0.6 is 23.4 Å². The van der Waals surface area contributed by atoms with Gasteiger partial charge in [-0.05, 0) is 87.2 Å². The number of benzene rings is 1. The predicted molar refractivity (Wildman–Crippen MR) is 151 cm³/mol. The quantitative estimate of drug-likeness (QED) is 0.402. The van der Waals surface area contributed by atoms with Crippen LogP contribution in [-0.2, 0) is 4.79 Å². The van der Waals surface area contributed by atoms with Crippen LogP contribution < -0.4 is 0 Å². The Balaban J connectivity index is 1.49. The lowest BCUT2D eigenvalue weighted by Gasteiger charge is -2.31. The van der Waals surface area contributed by atoms with Crippen LogP contribution in [0.25, 0.3) is 11.8 Å². The van der Waals surface area contributed by atoms with Gasteiger partial charge in [0.25, 0.3) is 5.91 Å². The number of hydrogen-bond acceptors (Lipinski definition) is 4. The summed E-state index contributed by atoms with van der Waals surface area (Å²) in [5, 5.41) is 10.6. The molecule has 1 amide bonds. The highest BCUT2D eigenvalue weighted by Crippen LogP contribution is 2.39. The summed E-state index contributed by atoms with van der Waals surface area (Å²) in [4.78, 5) is 33.2. The van der Waals surface area contributed by atoms with E-state index in [0.717, 1.165) is 66.3 Å². The van der Waals surface area contributed by atoms with Crippen molar-refractivity contribution >= 4 is 46.5 Å². The Labute approximate surface area is 227 Å². The van der Waals surface area contributed by atoms with Crippen molar-refractivity contribution in [3.63, 3.8) is 0 Å². The Hall–Kier alpha value is -2.51. The summed E-state index contributed by atoms with van der Waals surface area (Å²) >= 11 is 7.62. The van der Waals surface area contributed by atoms with Gasteiger partial charge in [-0.3, -0.25) is 14.7 Å². The fraction of sp³-hybridized carbons (Fsp3) is 0.483. The first-order valence-corrected chi connectivity index (χ1v) is 14.6. The molecule has 1 aliphatic heterocycles. The van der Waals surface area contributed by atoms with Gasteiger partial charge in [0.2, 0.25) is 0 Å². The van der Waals surface area contributed by atoms with Gasteiger partial charge < -0.3 is 9.67 Å². The molecule has 5 rings (SSSR count). The number of hydrogen-bond donors (Lipinski definition) is 1. The van der Waals surface area contributed by atoms with Crippen molar-refractivity contribution in [2.45, 2.75) is 90.1 Å². The smallest absolute Gasteiger partial charge is 0.337 e. The number of aromatic carboxylic acids is 1. The number of amides is 1. The van der Waals surface area contributed by atoms with E-state index in [1.807, 2.05) is 41.5 Å². The van der Waals surface area contributed by atoms with Crippen LogP contribution in [-0.4, -0.2) is 43.7 Å². The monoisotopic (exact) mass is 539 g/mol. The highest BCUT2D eigenvalue weighted by molar-refractivity contribution is 8.18. The summed E-state index contributed by atoms with van der Waals surface area (Å²) < 4.78 is 2.01. The molecule has 6 nitrogen and oxygen atoms in total. The summed E-state index contributed by atoms with van der Waals surface area (Å²) in [6.45, 7) is 3.98. The van der Waals surface area contributed by atoms with Crippen LogP contribution in [0.15, 0.2) is 34.2 Å². The normalized spacial score (nSPS) is 21.9. The molecule has 8 heteroatoms. The van der Waals surface area contributed by atoms with E-state index in [1.165, 1.54) is 37.4 Å². The minimum absolute atomic E-state index is 0.0657.